The summed E-state index contributed by atoms with van der Waals surface area (Å²) in [5, 5.41) is 5.91. The molecule has 4 aromatic heterocycles. The van der Waals surface area contributed by atoms with E-state index in [1.165, 1.54) is 17.0 Å². The molecule has 4 heterocycles. The molecule has 1 amide bonds. The highest BCUT2D eigenvalue weighted by Crippen LogP contribution is 2.34. The Kier molecular flexibility index (Phi) is 6.65. The van der Waals surface area contributed by atoms with E-state index in [0.717, 1.165) is 23.3 Å². The smallest absolute Gasteiger partial charge is 0.357 e. The third-order valence-electron chi connectivity index (χ3n) is 6.61. The van der Waals surface area contributed by atoms with Gasteiger partial charge >= 0.3 is 6.18 Å². The Bertz CT molecular complexity index is 1930. The van der Waals surface area contributed by atoms with Crippen LogP contribution in [0.3, 0.4) is 0 Å². The highest BCUT2D eigenvalue weighted by molar-refractivity contribution is 6.05. The summed E-state index contributed by atoms with van der Waals surface area (Å²) in [4.78, 5) is 33.9. The summed E-state index contributed by atoms with van der Waals surface area (Å²) >= 11 is 0. The van der Waals surface area contributed by atoms with Gasteiger partial charge in [0.25, 0.3) is 5.91 Å². The van der Waals surface area contributed by atoms with E-state index in [9.17, 15) is 18.0 Å². The lowest BCUT2D eigenvalue weighted by molar-refractivity contribution is -0.137. The van der Waals surface area contributed by atoms with Gasteiger partial charge in [-0.1, -0.05) is 6.07 Å². The first-order valence-electron chi connectivity index (χ1n) is 12.8. The molecule has 3 N–H and O–H groups in total. The number of carbonyl (C=O) groups is 1. The Hall–Kier alpha value is -5.52. The lowest BCUT2D eigenvalue weighted by Crippen LogP contribution is -2.14. The topological polar surface area (TPSA) is 113 Å². The van der Waals surface area contributed by atoms with Crippen molar-refractivity contribution < 1.29 is 18.0 Å². The number of amides is 1. The van der Waals surface area contributed by atoms with Gasteiger partial charge < -0.3 is 20.2 Å². The van der Waals surface area contributed by atoms with Crippen LogP contribution in [0.2, 0.25) is 0 Å². The van der Waals surface area contributed by atoms with Crippen molar-refractivity contribution >= 4 is 34.1 Å². The minimum absolute atomic E-state index is 0.00264. The fourth-order valence-electron chi connectivity index (χ4n) is 4.45. The fourth-order valence-corrected chi connectivity index (χ4v) is 4.45. The molecule has 0 bridgehead atoms. The lowest BCUT2D eigenvalue weighted by atomic mass is 10.1. The molecule has 0 saturated heterocycles. The van der Waals surface area contributed by atoms with E-state index in [2.05, 4.69) is 30.6 Å². The zero-order valence-corrected chi connectivity index (χ0v) is 22.4. The summed E-state index contributed by atoms with van der Waals surface area (Å²) in [7, 11) is 0. The molecule has 9 nitrogen and oxygen atoms in total. The fraction of sp³-hybridized carbons (Fsp3) is 0.100. The number of nitrogens with one attached hydrogen (secondary N) is 3. The number of halogens is 3. The molecule has 0 saturated carbocycles. The molecule has 42 heavy (non-hydrogen) atoms. The number of anilines is 3. The molecule has 2 aromatic carbocycles. The minimum atomic E-state index is -4.61. The largest absolute Gasteiger partial charge is 0.416 e. The second kappa shape index (κ2) is 10.5. The highest BCUT2D eigenvalue weighted by Gasteiger charge is 2.31. The third-order valence-corrected chi connectivity index (χ3v) is 6.61. The summed E-state index contributed by atoms with van der Waals surface area (Å²) in [6, 6.07) is 13.8. The molecule has 210 valence electrons. The predicted octanol–water partition coefficient (Wildman–Crippen LogP) is 6.84. The molecule has 0 spiro atoms. The van der Waals surface area contributed by atoms with Gasteiger partial charge in [-0.2, -0.15) is 13.2 Å². The maximum atomic E-state index is 13.7. The number of aryl methyl sites for hydroxylation is 2. The van der Waals surface area contributed by atoms with Crippen molar-refractivity contribution in [1.82, 2.24) is 29.5 Å². The average Bonchev–Trinajstić information content (AvgIpc) is 3.63. The molecule has 6 aromatic rings. The molecule has 0 aliphatic heterocycles. The van der Waals surface area contributed by atoms with Crippen LogP contribution in [0.1, 0.15) is 27.2 Å². The first kappa shape index (κ1) is 26.7. The van der Waals surface area contributed by atoms with Crippen LogP contribution >= 0.6 is 0 Å². The summed E-state index contributed by atoms with van der Waals surface area (Å²) < 4.78 is 42.6. The van der Waals surface area contributed by atoms with E-state index >= 15 is 0 Å². The highest BCUT2D eigenvalue weighted by atomic mass is 19.4. The Morgan fingerprint density at radius 3 is 2.52 bits per heavy atom. The number of aromatic amines is 1. The number of alkyl halides is 3. The zero-order chi connectivity index (χ0) is 29.4. The summed E-state index contributed by atoms with van der Waals surface area (Å²) in [6.45, 7) is 3.60. The van der Waals surface area contributed by atoms with Crippen molar-refractivity contribution in [2.75, 3.05) is 10.6 Å². The summed E-state index contributed by atoms with van der Waals surface area (Å²) in [5.74, 6) is 0.415. The van der Waals surface area contributed by atoms with Crippen molar-refractivity contribution in [3.8, 4) is 17.1 Å². The lowest BCUT2D eigenvalue weighted by Gasteiger charge is -2.15. The number of nitrogens with zero attached hydrogens (tertiary/aromatic N) is 5. The number of hydrogen-bond donors (Lipinski definition) is 3. The number of carbonyl (C=O) groups excluding carboxylic acids is 1. The van der Waals surface area contributed by atoms with Crippen molar-refractivity contribution in [2.45, 2.75) is 20.0 Å². The Balaban J connectivity index is 1.32. The van der Waals surface area contributed by atoms with Crippen molar-refractivity contribution in [3.05, 3.63) is 108 Å². The van der Waals surface area contributed by atoms with Crippen LogP contribution in [0.15, 0.2) is 85.7 Å². The molecule has 0 fully saturated rings. The van der Waals surface area contributed by atoms with Crippen LogP contribution < -0.4 is 10.6 Å². The number of H-pyrrole nitrogens is 1. The van der Waals surface area contributed by atoms with Crippen LogP contribution in [-0.4, -0.2) is 35.4 Å². The standard InChI is InChI=1S/C30H23F3N8O/c1-17-3-4-20(29(42)37-22-12-21(30(31,32)33)13-23(14-22)41-15-18(2)36-16-41)11-25(17)39-28-26-24(7-10-35-26)38-27(40-28)19-5-8-34-9-6-19/h3-16,35H,1-2H3,(H,37,42)(H,38,39,40). The van der Waals surface area contributed by atoms with E-state index in [1.807, 2.05) is 13.0 Å². The SMILES string of the molecule is Cc1cn(-c2cc(NC(=O)c3ccc(C)c(Nc4nc(-c5ccncc5)nc5cc[nH]c45)c3)cc(C(F)(F)F)c2)cn1. The minimum Gasteiger partial charge on any atom is -0.357 e. The predicted molar refractivity (Wildman–Crippen MR) is 153 cm³/mol. The second-order valence-corrected chi connectivity index (χ2v) is 9.67. The first-order valence-corrected chi connectivity index (χ1v) is 12.8. The van der Waals surface area contributed by atoms with Gasteiger partial charge in [0.1, 0.15) is 5.52 Å². The van der Waals surface area contributed by atoms with Crippen LogP contribution in [-0.2, 0) is 6.18 Å². The van der Waals surface area contributed by atoms with E-state index in [0.29, 0.717) is 34.1 Å². The third kappa shape index (κ3) is 5.42. The van der Waals surface area contributed by atoms with Gasteiger partial charge in [-0.05, 0) is 67.9 Å². The monoisotopic (exact) mass is 568 g/mol. The van der Waals surface area contributed by atoms with Gasteiger partial charge in [0.2, 0.25) is 0 Å². The number of hydrogen-bond acceptors (Lipinski definition) is 6. The molecule has 0 aliphatic carbocycles. The molecule has 12 heteroatoms. The van der Waals surface area contributed by atoms with Gasteiger partial charge in [-0.3, -0.25) is 9.78 Å². The number of aromatic nitrogens is 6. The van der Waals surface area contributed by atoms with Crippen molar-refractivity contribution in [1.29, 1.82) is 0 Å². The maximum absolute atomic E-state index is 13.7. The van der Waals surface area contributed by atoms with Crippen molar-refractivity contribution in [3.63, 3.8) is 0 Å². The molecule has 0 unspecified atom stereocenters. The van der Waals surface area contributed by atoms with Crippen LogP contribution in [0.4, 0.5) is 30.4 Å². The van der Waals surface area contributed by atoms with Gasteiger partial charge in [0.15, 0.2) is 11.6 Å². The van der Waals surface area contributed by atoms with E-state index < -0.39 is 17.6 Å². The number of benzene rings is 2. The molecule has 6 rings (SSSR count). The zero-order valence-electron chi connectivity index (χ0n) is 22.4. The molecular formula is C30H23F3N8O. The van der Waals surface area contributed by atoms with Crippen LogP contribution in [0.5, 0.6) is 0 Å². The second-order valence-electron chi connectivity index (χ2n) is 9.67. The van der Waals surface area contributed by atoms with Gasteiger partial charge in [0, 0.05) is 53.0 Å². The molecular weight excluding hydrogens is 545 g/mol. The number of imidazole rings is 1. The molecule has 0 aliphatic rings. The summed E-state index contributed by atoms with van der Waals surface area (Å²) in [6.07, 6.45) is 3.48. The van der Waals surface area contributed by atoms with Gasteiger partial charge in [-0.15, -0.1) is 0 Å². The molecule has 0 radical (unpaired) electrons. The number of rotatable bonds is 6. The Morgan fingerprint density at radius 2 is 1.79 bits per heavy atom. The van der Waals surface area contributed by atoms with Gasteiger partial charge in [0.05, 0.1) is 23.1 Å². The van der Waals surface area contributed by atoms with E-state index in [4.69, 9.17) is 4.98 Å². The number of pyridine rings is 1. The van der Waals surface area contributed by atoms with Gasteiger partial charge in [-0.25, -0.2) is 15.0 Å². The first-order chi connectivity index (χ1) is 20.1. The van der Waals surface area contributed by atoms with E-state index in [1.54, 1.807) is 62.0 Å². The average molecular weight is 569 g/mol. The van der Waals surface area contributed by atoms with Crippen molar-refractivity contribution in [2.24, 2.45) is 0 Å². The summed E-state index contributed by atoms with van der Waals surface area (Å²) in [5.41, 5.74) is 3.78. The normalized spacial score (nSPS) is 11.5. The maximum Gasteiger partial charge on any atom is 0.416 e. The Morgan fingerprint density at radius 1 is 0.976 bits per heavy atom. The van der Waals surface area contributed by atoms with Crippen LogP contribution in [0.25, 0.3) is 28.1 Å². The van der Waals surface area contributed by atoms with Crippen LogP contribution in [0, 0.1) is 13.8 Å². The molecule has 0 atom stereocenters. The Labute approximate surface area is 237 Å². The quantitative estimate of drug-likeness (QED) is 0.203. The number of fused-ring (bicyclic) bond motifs is 1. The van der Waals surface area contributed by atoms with E-state index in [-0.39, 0.29) is 16.9 Å².